The number of hydrogen-bond acceptors (Lipinski definition) is 6. The first-order valence-electron chi connectivity index (χ1n) is 7.53. The summed E-state index contributed by atoms with van der Waals surface area (Å²) in [7, 11) is 0. The van der Waals surface area contributed by atoms with Crippen molar-refractivity contribution >= 4 is 18.3 Å². The number of aldehydes is 1. The van der Waals surface area contributed by atoms with Crippen LogP contribution < -0.4 is 0 Å². The first-order valence-corrected chi connectivity index (χ1v) is 8.27. The van der Waals surface area contributed by atoms with Crippen LogP contribution in [0.25, 0.3) is 0 Å². The van der Waals surface area contributed by atoms with Crippen LogP contribution in [0, 0.1) is 0 Å². The van der Waals surface area contributed by atoms with Crippen LogP contribution in [0.1, 0.15) is 11.1 Å². The third-order valence-electron chi connectivity index (χ3n) is 3.51. The minimum atomic E-state index is -1.48. The summed E-state index contributed by atoms with van der Waals surface area (Å²) in [5, 5.41) is 28.1. The van der Waals surface area contributed by atoms with Gasteiger partial charge in [0.25, 0.3) is 0 Å². The summed E-state index contributed by atoms with van der Waals surface area (Å²) in [6.45, 7) is -0.649. The van der Waals surface area contributed by atoms with Gasteiger partial charge in [-0.15, -0.1) is 0 Å². The number of carbonyl (C=O) groups is 1. The van der Waals surface area contributed by atoms with E-state index in [0.29, 0.717) is 12.7 Å². The molecule has 0 aliphatic heterocycles. The number of aliphatic hydroxyl groups is 3. The maximum Gasteiger partial charge on any atom is 0.156 e. The molecule has 0 saturated heterocycles. The number of hydrogen-bond donors (Lipinski definition) is 3. The second kappa shape index (κ2) is 9.56. The Balaban J connectivity index is 2.05. The smallest absolute Gasteiger partial charge is 0.156 e. The molecule has 0 amide bonds. The highest BCUT2D eigenvalue weighted by Gasteiger charge is 2.27. The first-order chi connectivity index (χ1) is 11.7. The van der Waals surface area contributed by atoms with Gasteiger partial charge >= 0.3 is 0 Å². The summed E-state index contributed by atoms with van der Waals surface area (Å²) in [6.07, 6.45) is -3.03. The lowest BCUT2D eigenvalue weighted by atomic mass is 10.1. The van der Waals surface area contributed by atoms with Crippen molar-refractivity contribution in [2.24, 2.45) is 0 Å². The van der Waals surface area contributed by atoms with Gasteiger partial charge in [-0.25, -0.2) is 0 Å². The first kappa shape index (κ1) is 18.6. The molecule has 0 saturated carbocycles. The van der Waals surface area contributed by atoms with Gasteiger partial charge < -0.3 is 20.1 Å². The molecule has 24 heavy (non-hydrogen) atoms. The van der Waals surface area contributed by atoms with Gasteiger partial charge in [0.2, 0.25) is 0 Å². The van der Waals surface area contributed by atoms with Crippen molar-refractivity contribution < 1.29 is 24.3 Å². The molecule has 2 aromatic carbocycles. The minimum absolute atomic E-state index is 0.413. The van der Waals surface area contributed by atoms with Gasteiger partial charge in [0.05, 0.1) is 6.61 Å². The molecule has 6 heteroatoms. The lowest BCUT2D eigenvalue weighted by Crippen LogP contribution is -2.41. The molecule has 2 rings (SSSR count). The fourth-order valence-electron chi connectivity index (χ4n) is 2.14. The zero-order valence-electron chi connectivity index (χ0n) is 13.0. The molecule has 0 radical (unpaired) electrons. The Morgan fingerprint density at radius 2 is 1.71 bits per heavy atom. The summed E-state index contributed by atoms with van der Waals surface area (Å²) in [6, 6.07) is 17.5. The zero-order chi connectivity index (χ0) is 17.4. The summed E-state index contributed by atoms with van der Waals surface area (Å²) in [5.74, 6) is 0. The van der Waals surface area contributed by atoms with Crippen molar-refractivity contribution in [2.45, 2.75) is 29.6 Å². The summed E-state index contributed by atoms with van der Waals surface area (Å²) < 4.78 is 5.37. The van der Waals surface area contributed by atoms with Crippen molar-refractivity contribution in [3.8, 4) is 0 Å². The van der Waals surface area contributed by atoms with Crippen LogP contribution in [0.3, 0.4) is 0 Å². The highest BCUT2D eigenvalue weighted by molar-refractivity contribution is 7.94. The lowest BCUT2D eigenvalue weighted by Gasteiger charge is -2.21. The van der Waals surface area contributed by atoms with Crippen LogP contribution in [-0.2, 0) is 15.4 Å². The third kappa shape index (κ3) is 5.15. The van der Waals surface area contributed by atoms with Crippen LogP contribution in [-0.4, -0.2) is 46.5 Å². The van der Waals surface area contributed by atoms with Crippen molar-refractivity contribution in [1.82, 2.24) is 0 Å². The number of carbonyl (C=O) groups excluding carboxylic acids is 1. The third-order valence-corrected chi connectivity index (χ3v) is 4.41. The van der Waals surface area contributed by atoms with E-state index in [1.807, 2.05) is 54.6 Å². The van der Waals surface area contributed by atoms with Crippen LogP contribution in [0.2, 0.25) is 0 Å². The standard InChI is InChI=1S/C18H20O5S/c19-11-15(21)18(22)16(12-20)23-24-17-9-5-4-8-14(17)10-13-6-2-1-3-7-13/h1-9,12,15-16,18-19,21-22H,10-11H2/t15-,16+,18+/m1/s1. The van der Waals surface area contributed by atoms with Gasteiger partial charge in [0.1, 0.15) is 12.2 Å². The topological polar surface area (TPSA) is 87.0 Å². The molecule has 3 atom stereocenters. The van der Waals surface area contributed by atoms with Crippen molar-refractivity contribution in [1.29, 1.82) is 0 Å². The second-order valence-corrected chi connectivity index (χ2v) is 6.09. The predicted molar refractivity (Wildman–Crippen MR) is 91.6 cm³/mol. The van der Waals surface area contributed by atoms with Crippen LogP contribution >= 0.6 is 12.0 Å². The van der Waals surface area contributed by atoms with E-state index in [-0.39, 0.29) is 0 Å². The number of aliphatic hydroxyl groups excluding tert-OH is 3. The van der Waals surface area contributed by atoms with Crippen molar-refractivity contribution in [3.05, 3.63) is 65.7 Å². The molecule has 2 aromatic rings. The van der Waals surface area contributed by atoms with Gasteiger partial charge in [-0.1, -0.05) is 48.5 Å². The average molecular weight is 348 g/mol. The molecule has 0 aliphatic rings. The van der Waals surface area contributed by atoms with Crippen LogP contribution in [0.5, 0.6) is 0 Å². The second-order valence-electron chi connectivity index (χ2n) is 5.29. The van der Waals surface area contributed by atoms with E-state index in [4.69, 9.17) is 9.29 Å². The van der Waals surface area contributed by atoms with E-state index in [9.17, 15) is 15.0 Å². The quantitative estimate of drug-likeness (QED) is 0.471. The molecule has 0 heterocycles. The van der Waals surface area contributed by atoms with Crippen molar-refractivity contribution in [3.63, 3.8) is 0 Å². The highest BCUT2D eigenvalue weighted by Crippen LogP contribution is 2.27. The Bertz CT molecular complexity index is 634. The molecule has 128 valence electrons. The Morgan fingerprint density at radius 1 is 1.04 bits per heavy atom. The van der Waals surface area contributed by atoms with E-state index >= 15 is 0 Å². The van der Waals surface area contributed by atoms with E-state index < -0.39 is 24.9 Å². The van der Waals surface area contributed by atoms with Gasteiger partial charge in [0, 0.05) is 16.9 Å². The van der Waals surface area contributed by atoms with Gasteiger partial charge in [0.15, 0.2) is 12.4 Å². The van der Waals surface area contributed by atoms with Crippen molar-refractivity contribution in [2.75, 3.05) is 6.61 Å². The number of rotatable bonds is 9. The highest BCUT2D eigenvalue weighted by atomic mass is 32.2. The Morgan fingerprint density at radius 3 is 2.38 bits per heavy atom. The van der Waals surface area contributed by atoms with E-state index in [2.05, 4.69) is 0 Å². The lowest BCUT2D eigenvalue weighted by molar-refractivity contribution is -0.123. The fourth-order valence-corrected chi connectivity index (χ4v) is 2.90. The summed E-state index contributed by atoms with van der Waals surface area (Å²) in [4.78, 5) is 11.9. The summed E-state index contributed by atoms with van der Waals surface area (Å²) >= 11 is 0.971. The van der Waals surface area contributed by atoms with Gasteiger partial charge in [-0.2, -0.15) is 0 Å². The average Bonchev–Trinajstić information content (AvgIpc) is 2.63. The molecule has 0 aliphatic carbocycles. The van der Waals surface area contributed by atoms with E-state index in [0.717, 1.165) is 28.1 Å². The van der Waals surface area contributed by atoms with Crippen LogP contribution in [0.4, 0.5) is 0 Å². The van der Waals surface area contributed by atoms with Gasteiger partial charge in [-0.3, -0.25) is 4.18 Å². The van der Waals surface area contributed by atoms with Crippen LogP contribution in [0.15, 0.2) is 59.5 Å². The molecule has 0 spiro atoms. The molecule has 3 N–H and O–H groups in total. The Labute approximate surface area is 145 Å². The Kier molecular flexibility index (Phi) is 7.42. The Hall–Kier alpha value is -1.70. The predicted octanol–water partition coefficient (Wildman–Crippen LogP) is 1.58. The molecule has 0 unspecified atom stereocenters. The molecule has 0 fully saturated rings. The molecular weight excluding hydrogens is 328 g/mol. The molecule has 5 nitrogen and oxygen atoms in total. The van der Waals surface area contributed by atoms with E-state index in [1.165, 1.54) is 0 Å². The molecule has 0 bridgehead atoms. The molecular formula is C18H20O5S. The minimum Gasteiger partial charge on any atom is -0.394 e. The largest absolute Gasteiger partial charge is 0.394 e. The molecule has 0 aromatic heterocycles. The monoisotopic (exact) mass is 348 g/mol. The van der Waals surface area contributed by atoms with Gasteiger partial charge in [-0.05, 0) is 23.6 Å². The fraction of sp³-hybridized carbons (Fsp3) is 0.278. The SMILES string of the molecule is O=C[C@H](OSc1ccccc1Cc1ccccc1)[C@@H](O)[C@H](O)CO. The maximum absolute atomic E-state index is 11.1. The zero-order valence-corrected chi connectivity index (χ0v) is 13.8. The van der Waals surface area contributed by atoms with E-state index in [1.54, 1.807) is 0 Å². The maximum atomic E-state index is 11.1. The summed E-state index contributed by atoms with van der Waals surface area (Å²) in [5.41, 5.74) is 2.17. The normalized spacial score (nSPS) is 14.8. The number of benzene rings is 2.